The average Bonchev–Trinajstić information content (AvgIpc) is 2.91. The van der Waals surface area contributed by atoms with E-state index in [4.69, 9.17) is 21.6 Å². The van der Waals surface area contributed by atoms with Crippen molar-refractivity contribution in [2.75, 3.05) is 6.16 Å². The summed E-state index contributed by atoms with van der Waals surface area (Å²) in [5.41, 5.74) is 0. The summed E-state index contributed by atoms with van der Waals surface area (Å²) in [5, 5.41) is -0.607. The number of amidine groups is 1. The fourth-order valence-corrected chi connectivity index (χ4v) is 11.7. The van der Waals surface area contributed by atoms with Crippen LogP contribution in [0.25, 0.3) is 0 Å². The Morgan fingerprint density at radius 2 is 1.03 bits per heavy atom. The molecule has 1 atom stereocenters. The van der Waals surface area contributed by atoms with E-state index in [9.17, 15) is 0 Å². The minimum absolute atomic E-state index is 0.622. The van der Waals surface area contributed by atoms with Crippen molar-refractivity contribution in [2.45, 2.75) is 160 Å². The summed E-state index contributed by atoms with van der Waals surface area (Å²) in [4.78, 5) is 11.2. The molecular weight excluding hydrogens is 487 g/mol. The summed E-state index contributed by atoms with van der Waals surface area (Å²) in [6, 6.07) is 2.57. The van der Waals surface area contributed by atoms with Crippen molar-refractivity contribution >= 4 is 39.7 Å². The van der Waals surface area contributed by atoms with Crippen LogP contribution in [-0.2, 0) is 11.8 Å². The second-order valence-corrected chi connectivity index (χ2v) is 19.3. The van der Waals surface area contributed by atoms with Crippen molar-refractivity contribution in [1.82, 2.24) is 9.80 Å². The molecule has 4 saturated carbocycles. The molecule has 7 heteroatoms. The van der Waals surface area contributed by atoms with E-state index in [0.717, 1.165) is 12.1 Å². The highest BCUT2D eigenvalue weighted by Crippen LogP contribution is 2.63. The molecule has 0 spiro atoms. The Morgan fingerprint density at radius 1 is 0.657 bits per heavy atom. The van der Waals surface area contributed by atoms with Crippen LogP contribution in [0.4, 0.5) is 0 Å². The lowest BCUT2D eigenvalue weighted by atomic mass is 9.89. The largest absolute Gasteiger partial charge is 0.345 e. The third kappa shape index (κ3) is 6.51. The van der Waals surface area contributed by atoms with Crippen LogP contribution in [0.5, 0.6) is 0 Å². The van der Waals surface area contributed by atoms with Crippen molar-refractivity contribution in [3.05, 3.63) is 0 Å². The van der Waals surface area contributed by atoms with Gasteiger partial charge in [0.05, 0.1) is 0 Å². The van der Waals surface area contributed by atoms with Gasteiger partial charge < -0.3 is 9.80 Å². The van der Waals surface area contributed by atoms with Crippen LogP contribution in [0.2, 0.25) is 0 Å². The van der Waals surface area contributed by atoms with Crippen LogP contribution in [0.15, 0.2) is 9.76 Å². The number of hydrogen-bond donors (Lipinski definition) is 0. The Morgan fingerprint density at radius 3 is 1.40 bits per heavy atom. The van der Waals surface area contributed by atoms with Gasteiger partial charge >= 0.3 is 0 Å². The zero-order chi connectivity index (χ0) is 24.1. The second kappa shape index (κ2) is 12.7. The molecule has 35 heavy (non-hydrogen) atoms. The summed E-state index contributed by atoms with van der Waals surface area (Å²) in [6.07, 6.45) is 28.2. The van der Waals surface area contributed by atoms with E-state index in [0.29, 0.717) is 24.2 Å². The first kappa shape index (κ1) is 26.5. The monoisotopic (exact) mass is 536 g/mol. The van der Waals surface area contributed by atoms with Crippen LogP contribution < -0.4 is 0 Å². The maximum absolute atomic E-state index is 6.41. The van der Waals surface area contributed by atoms with Crippen molar-refractivity contribution in [3.63, 3.8) is 0 Å². The normalized spacial score (nSPS) is 30.5. The van der Waals surface area contributed by atoms with Gasteiger partial charge in [0.2, 0.25) is 5.96 Å². The molecule has 5 aliphatic rings. The molecule has 1 aliphatic heterocycles. The van der Waals surface area contributed by atoms with Gasteiger partial charge in [-0.05, 0) is 62.7 Å². The lowest BCUT2D eigenvalue weighted by Crippen LogP contribution is -2.51. The number of aliphatic imine (C=N–C) groups is 1. The third-order valence-electron chi connectivity index (χ3n) is 9.39. The zero-order valence-corrected chi connectivity index (χ0v) is 24.7. The predicted octanol–water partition coefficient (Wildman–Crippen LogP) is 8.71. The summed E-state index contributed by atoms with van der Waals surface area (Å²) in [6.45, 7) is 2.29. The Bertz CT molecular complexity index is 755. The first-order chi connectivity index (χ1) is 17.2. The molecule has 5 rings (SSSR count). The number of guanidine groups is 1. The molecule has 4 aliphatic carbocycles. The fourth-order valence-electron chi connectivity index (χ4n) is 7.43. The van der Waals surface area contributed by atoms with Crippen LogP contribution in [0.1, 0.15) is 135 Å². The van der Waals surface area contributed by atoms with E-state index >= 15 is 0 Å². The Hall–Kier alpha value is -0.0600. The first-order valence-corrected chi connectivity index (χ1v) is 19.6. The van der Waals surface area contributed by atoms with Gasteiger partial charge in [-0.3, -0.25) is 0 Å². The van der Waals surface area contributed by atoms with Gasteiger partial charge in [-0.1, -0.05) is 95.8 Å². The Kier molecular flexibility index (Phi) is 9.60. The van der Waals surface area contributed by atoms with Gasteiger partial charge in [-0.15, -0.1) is 0 Å². The molecule has 1 heterocycles. The van der Waals surface area contributed by atoms with Gasteiger partial charge in [0.15, 0.2) is 5.17 Å². The van der Waals surface area contributed by atoms with E-state index in [-0.39, 0.29) is 0 Å². The highest BCUT2D eigenvalue weighted by Gasteiger charge is 2.39. The SMILES string of the molecule is CCP1(=S)N=C(N(C2CCCCC2)C2CCCCC2)N=C(N(C2CCCCC2)C2CCCCC2)S1. The Labute approximate surface area is 224 Å². The van der Waals surface area contributed by atoms with Crippen molar-refractivity contribution < 1.29 is 0 Å². The molecule has 0 saturated heterocycles. The maximum atomic E-state index is 6.41. The molecule has 0 aromatic carbocycles. The van der Waals surface area contributed by atoms with Gasteiger partial charge in [0, 0.05) is 30.3 Å². The predicted molar refractivity (Wildman–Crippen MR) is 158 cm³/mol. The molecule has 198 valence electrons. The lowest BCUT2D eigenvalue weighted by Gasteiger charge is -2.46. The molecule has 0 radical (unpaired) electrons. The summed E-state index contributed by atoms with van der Waals surface area (Å²) < 4.78 is 5.42. The van der Waals surface area contributed by atoms with Crippen LogP contribution in [0, 0.1) is 0 Å². The molecule has 0 aromatic rings. The van der Waals surface area contributed by atoms with Gasteiger partial charge in [-0.2, -0.15) is 4.99 Å². The summed E-state index contributed by atoms with van der Waals surface area (Å²) >= 11 is 8.34. The maximum Gasteiger partial charge on any atom is 0.228 e. The van der Waals surface area contributed by atoms with Crippen LogP contribution in [-0.4, -0.2) is 51.3 Å². The van der Waals surface area contributed by atoms with Gasteiger partial charge in [0.1, 0.15) is 5.39 Å². The molecular formula is C28H49N4PS2. The van der Waals surface area contributed by atoms with Crippen LogP contribution in [0.3, 0.4) is 0 Å². The van der Waals surface area contributed by atoms with E-state index in [2.05, 4.69) is 16.7 Å². The summed E-state index contributed by atoms with van der Waals surface area (Å²) in [5.74, 6) is 1.07. The second-order valence-electron chi connectivity index (χ2n) is 11.8. The van der Waals surface area contributed by atoms with Crippen molar-refractivity contribution in [2.24, 2.45) is 9.76 Å². The number of nitrogens with zero attached hydrogens (tertiary/aromatic N) is 4. The Balaban J connectivity index is 1.51. The van der Waals surface area contributed by atoms with E-state index < -0.39 is 5.39 Å². The highest BCUT2D eigenvalue weighted by molar-refractivity contribution is 8.76. The van der Waals surface area contributed by atoms with Gasteiger partial charge in [0.25, 0.3) is 0 Å². The number of rotatable bonds is 5. The third-order valence-corrected chi connectivity index (χ3v) is 15.5. The molecule has 0 bridgehead atoms. The van der Waals surface area contributed by atoms with Gasteiger partial charge in [-0.25, -0.2) is 4.76 Å². The van der Waals surface area contributed by atoms with E-state index in [1.54, 1.807) is 0 Å². The summed E-state index contributed by atoms with van der Waals surface area (Å²) in [7, 11) is 0. The van der Waals surface area contributed by atoms with Crippen molar-refractivity contribution in [3.8, 4) is 0 Å². The molecule has 4 fully saturated rings. The first-order valence-electron chi connectivity index (χ1n) is 15.2. The molecule has 4 nitrogen and oxygen atoms in total. The molecule has 0 amide bonds. The van der Waals surface area contributed by atoms with E-state index in [1.807, 2.05) is 11.4 Å². The highest BCUT2D eigenvalue weighted by atomic mass is 32.9. The molecule has 0 aromatic heterocycles. The zero-order valence-electron chi connectivity index (χ0n) is 22.2. The molecule has 1 unspecified atom stereocenters. The topological polar surface area (TPSA) is 31.2 Å². The standard InChI is InChI=1S/C28H49N4PS2/c1-2-33(34)30-27(31(23-15-7-3-8-16-23)24-17-9-4-10-18-24)29-28(35-33)32(25-19-11-5-12-20-25)26-21-13-6-14-22-26/h23-26H,2-22H2,1H3. The molecule has 0 N–H and O–H groups in total. The minimum atomic E-state index is -1.89. The smallest absolute Gasteiger partial charge is 0.228 e. The van der Waals surface area contributed by atoms with Crippen LogP contribution >= 0.6 is 16.8 Å². The average molecular weight is 537 g/mol. The fraction of sp³-hybridized carbons (Fsp3) is 0.929. The number of hydrogen-bond acceptors (Lipinski definition) is 5. The minimum Gasteiger partial charge on any atom is -0.345 e. The van der Waals surface area contributed by atoms with Crippen molar-refractivity contribution in [1.29, 1.82) is 0 Å². The quantitative estimate of drug-likeness (QED) is 0.329. The lowest BCUT2D eigenvalue weighted by molar-refractivity contribution is 0.153. The van der Waals surface area contributed by atoms with E-state index in [1.165, 1.54) is 134 Å².